The first kappa shape index (κ1) is 24.1. The Morgan fingerprint density at radius 3 is 2.44 bits per heavy atom. The number of hydrogen-bond acceptors (Lipinski definition) is 5. The molecule has 0 saturated carbocycles. The van der Waals surface area contributed by atoms with E-state index in [0.717, 1.165) is 16.0 Å². The third-order valence-electron chi connectivity index (χ3n) is 4.86. The summed E-state index contributed by atoms with van der Waals surface area (Å²) in [5.74, 6) is 0.0850. The quantitative estimate of drug-likeness (QED) is 0.457. The molecule has 3 aromatic rings. The van der Waals surface area contributed by atoms with E-state index >= 15 is 0 Å². The zero-order valence-electron chi connectivity index (χ0n) is 17.6. The molecule has 0 atom stereocenters. The first-order chi connectivity index (χ1) is 15.2. The monoisotopic (exact) mass is 490 g/mol. The molecule has 0 aliphatic rings. The molecule has 32 heavy (non-hydrogen) atoms. The first-order valence-corrected chi connectivity index (χ1v) is 12.8. The second kappa shape index (κ2) is 10.4. The van der Waals surface area contributed by atoms with Gasteiger partial charge in [-0.15, -0.1) is 11.8 Å². The fourth-order valence-electron chi connectivity index (χ4n) is 3.24. The van der Waals surface area contributed by atoms with Crippen molar-refractivity contribution in [3.05, 3.63) is 76.8 Å². The van der Waals surface area contributed by atoms with Gasteiger partial charge in [0, 0.05) is 22.0 Å². The highest BCUT2D eigenvalue weighted by Gasteiger charge is 2.17. The Labute approximate surface area is 197 Å². The molecule has 3 aromatic carbocycles. The summed E-state index contributed by atoms with van der Waals surface area (Å²) >= 11 is 7.59. The van der Waals surface area contributed by atoms with E-state index in [9.17, 15) is 13.2 Å². The van der Waals surface area contributed by atoms with Crippen LogP contribution in [0.25, 0.3) is 11.1 Å². The Balaban J connectivity index is 1.78. The number of primary sulfonamides is 1. The van der Waals surface area contributed by atoms with Crippen LogP contribution in [0.1, 0.15) is 15.9 Å². The smallest absolute Gasteiger partial charge is 0.255 e. The lowest BCUT2D eigenvalue weighted by Crippen LogP contribution is -2.26. The standard InChI is InChI=1S/C23H23ClN2O4S2/c1-30-21-10-6-17(24)14-20(21)23(27)26-12-11-15-3-9-19(22(13-15)32(25,28)29)16-4-7-18(31-2)8-5-16/h3-10,13-14H,11-12H2,1-2H3,(H,26,27)(H2,25,28,29). The molecule has 6 nitrogen and oxygen atoms in total. The highest BCUT2D eigenvalue weighted by atomic mass is 35.5. The second-order valence-electron chi connectivity index (χ2n) is 6.95. The molecule has 0 bridgehead atoms. The molecule has 0 heterocycles. The van der Waals surface area contributed by atoms with Crippen LogP contribution in [0.4, 0.5) is 0 Å². The number of sulfonamides is 1. The molecule has 3 rings (SSSR count). The molecule has 0 spiro atoms. The Kier molecular flexibility index (Phi) is 7.84. The van der Waals surface area contributed by atoms with E-state index in [1.54, 1.807) is 36.0 Å². The Morgan fingerprint density at radius 1 is 1.09 bits per heavy atom. The lowest BCUT2D eigenvalue weighted by molar-refractivity contribution is 0.0951. The van der Waals surface area contributed by atoms with E-state index in [1.807, 2.05) is 36.6 Å². The van der Waals surface area contributed by atoms with Crippen LogP contribution in [0.3, 0.4) is 0 Å². The van der Waals surface area contributed by atoms with Crippen LogP contribution in [0.15, 0.2) is 70.5 Å². The van der Waals surface area contributed by atoms with Crippen molar-refractivity contribution >= 4 is 39.3 Å². The van der Waals surface area contributed by atoms with Gasteiger partial charge in [0.1, 0.15) is 5.75 Å². The van der Waals surface area contributed by atoms with Crippen molar-refractivity contribution in [3.63, 3.8) is 0 Å². The summed E-state index contributed by atoms with van der Waals surface area (Å²) in [5.41, 5.74) is 2.36. The van der Waals surface area contributed by atoms with E-state index in [2.05, 4.69) is 5.32 Å². The van der Waals surface area contributed by atoms with Crippen LogP contribution >= 0.6 is 23.4 Å². The summed E-state index contributed by atoms with van der Waals surface area (Å²) in [6.45, 7) is 0.292. The average Bonchev–Trinajstić information content (AvgIpc) is 2.78. The topological polar surface area (TPSA) is 98.5 Å². The van der Waals surface area contributed by atoms with Crippen molar-refractivity contribution in [1.82, 2.24) is 5.32 Å². The molecular weight excluding hydrogens is 468 g/mol. The van der Waals surface area contributed by atoms with Crippen molar-refractivity contribution in [2.24, 2.45) is 5.14 Å². The van der Waals surface area contributed by atoms with E-state index in [1.165, 1.54) is 13.2 Å². The number of carbonyl (C=O) groups is 1. The zero-order valence-corrected chi connectivity index (χ0v) is 20.0. The fraction of sp³-hybridized carbons (Fsp3) is 0.174. The third-order valence-corrected chi connectivity index (χ3v) is 6.79. The number of nitrogens with two attached hydrogens (primary N) is 1. The van der Waals surface area contributed by atoms with E-state index < -0.39 is 10.0 Å². The van der Waals surface area contributed by atoms with Gasteiger partial charge in [0.05, 0.1) is 17.6 Å². The van der Waals surface area contributed by atoms with Gasteiger partial charge in [-0.2, -0.15) is 0 Å². The van der Waals surface area contributed by atoms with Crippen molar-refractivity contribution < 1.29 is 17.9 Å². The Morgan fingerprint density at radius 2 is 1.81 bits per heavy atom. The molecule has 0 aliphatic heterocycles. The molecule has 0 aromatic heterocycles. The summed E-state index contributed by atoms with van der Waals surface area (Å²) in [5, 5.41) is 8.72. The number of benzene rings is 3. The molecule has 0 saturated heterocycles. The van der Waals surface area contributed by atoms with Crippen LogP contribution in [0.2, 0.25) is 5.02 Å². The predicted molar refractivity (Wildman–Crippen MR) is 129 cm³/mol. The molecule has 0 radical (unpaired) electrons. The minimum absolute atomic E-state index is 0.0507. The van der Waals surface area contributed by atoms with Crippen molar-refractivity contribution in [1.29, 1.82) is 0 Å². The van der Waals surface area contributed by atoms with Crippen LogP contribution < -0.4 is 15.2 Å². The number of hydrogen-bond donors (Lipinski definition) is 2. The van der Waals surface area contributed by atoms with Gasteiger partial charge in [0.25, 0.3) is 5.91 Å². The van der Waals surface area contributed by atoms with Gasteiger partial charge in [-0.3, -0.25) is 4.79 Å². The number of thioether (sulfide) groups is 1. The lowest BCUT2D eigenvalue weighted by Gasteiger charge is -2.12. The number of rotatable bonds is 8. The predicted octanol–water partition coefficient (Wildman–Crippen LogP) is 4.36. The first-order valence-electron chi connectivity index (χ1n) is 9.65. The number of halogens is 1. The molecular formula is C23H23ClN2O4S2. The molecule has 0 fully saturated rings. The van der Waals surface area contributed by atoms with Gasteiger partial charge in [0.2, 0.25) is 10.0 Å². The molecule has 168 valence electrons. The third kappa shape index (κ3) is 5.83. The molecule has 1 amide bonds. The van der Waals surface area contributed by atoms with Gasteiger partial charge >= 0.3 is 0 Å². The summed E-state index contributed by atoms with van der Waals surface area (Å²) in [6, 6.07) is 17.5. The van der Waals surface area contributed by atoms with Crippen LogP contribution in [-0.4, -0.2) is 34.2 Å². The maximum atomic E-state index is 12.5. The number of ether oxygens (including phenoxy) is 1. The number of methoxy groups -OCH3 is 1. The van der Waals surface area contributed by atoms with E-state index in [4.69, 9.17) is 21.5 Å². The van der Waals surface area contributed by atoms with Crippen LogP contribution in [-0.2, 0) is 16.4 Å². The van der Waals surface area contributed by atoms with Crippen molar-refractivity contribution in [2.45, 2.75) is 16.2 Å². The zero-order chi connectivity index (χ0) is 23.3. The largest absolute Gasteiger partial charge is 0.496 e. The van der Waals surface area contributed by atoms with Crippen molar-refractivity contribution in [2.75, 3.05) is 19.9 Å². The molecule has 0 aliphatic carbocycles. The summed E-state index contributed by atoms with van der Waals surface area (Å²) in [4.78, 5) is 13.6. The molecule has 9 heteroatoms. The number of carbonyl (C=O) groups excluding carboxylic acids is 1. The minimum atomic E-state index is -3.94. The SMILES string of the molecule is COc1ccc(Cl)cc1C(=O)NCCc1ccc(-c2ccc(SC)cc2)c(S(N)(=O)=O)c1. The van der Waals surface area contributed by atoms with Gasteiger partial charge in [-0.05, 0) is 60.2 Å². The van der Waals surface area contributed by atoms with Gasteiger partial charge in [-0.25, -0.2) is 13.6 Å². The minimum Gasteiger partial charge on any atom is -0.496 e. The Hall–Kier alpha value is -2.52. The average molecular weight is 491 g/mol. The lowest BCUT2D eigenvalue weighted by atomic mass is 10.0. The summed E-state index contributed by atoms with van der Waals surface area (Å²) in [6.07, 6.45) is 2.39. The maximum absolute atomic E-state index is 12.5. The highest BCUT2D eigenvalue weighted by Crippen LogP contribution is 2.29. The summed E-state index contributed by atoms with van der Waals surface area (Å²) in [7, 11) is -2.46. The molecule has 0 unspecified atom stereocenters. The van der Waals surface area contributed by atoms with Gasteiger partial charge in [-0.1, -0.05) is 35.9 Å². The van der Waals surface area contributed by atoms with E-state index in [-0.39, 0.29) is 10.8 Å². The maximum Gasteiger partial charge on any atom is 0.255 e. The van der Waals surface area contributed by atoms with E-state index in [0.29, 0.717) is 34.9 Å². The van der Waals surface area contributed by atoms with Gasteiger partial charge < -0.3 is 10.1 Å². The Bertz CT molecular complexity index is 1230. The fourth-order valence-corrected chi connectivity index (χ4v) is 4.63. The second-order valence-corrected chi connectivity index (χ2v) is 9.80. The number of nitrogens with one attached hydrogen (secondary N) is 1. The van der Waals surface area contributed by atoms with Crippen LogP contribution in [0.5, 0.6) is 5.75 Å². The number of amides is 1. The highest BCUT2D eigenvalue weighted by molar-refractivity contribution is 7.98. The van der Waals surface area contributed by atoms with Crippen LogP contribution in [0, 0.1) is 0 Å². The normalized spacial score (nSPS) is 11.2. The molecule has 3 N–H and O–H groups in total. The van der Waals surface area contributed by atoms with Gasteiger partial charge in [0.15, 0.2) is 0 Å². The van der Waals surface area contributed by atoms with Crippen molar-refractivity contribution in [3.8, 4) is 16.9 Å². The summed E-state index contributed by atoms with van der Waals surface area (Å²) < 4.78 is 29.7.